The summed E-state index contributed by atoms with van der Waals surface area (Å²) in [7, 11) is 1.56. The number of hydrogen-bond acceptors (Lipinski definition) is 5. The van der Waals surface area contributed by atoms with Crippen molar-refractivity contribution in [2.24, 2.45) is 0 Å². The van der Waals surface area contributed by atoms with Gasteiger partial charge < -0.3 is 18.9 Å². The molecular weight excluding hydrogens is 236 g/mol. The van der Waals surface area contributed by atoms with Crippen molar-refractivity contribution in [1.82, 2.24) is 0 Å². The number of carbonyl (C=O) groups excluding carboxylic acids is 1. The first-order valence-corrected chi connectivity index (χ1v) is 6.40. The van der Waals surface area contributed by atoms with Crippen LogP contribution in [0.1, 0.15) is 41.0 Å². The Bertz CT molecular complexity index is 231. The standard InChI is InChI=1S/C13H26O5/c1-7-16-10(3)11(4)18-13(14)8-9(2)17-12(5)15-6/h9-12H,7-8H2,1-6H3. The van der Waals surface area contributed by atoms with Crippen LogP contribution in [0.15, 0.2) is 0 Å². The minimum Gasteiger partial charge on any atom is -0.460 e. The van der Waals surface area contributed by atoms with E-state index in [4.69, 9.17) is 18.9 Å². The zero-order chi connectivity index (χ0) is 14.1. The van der Waals surface area contributed by atoms with Gasteiger partial charge in [0.05, 0.1) is 18.6 Å². The predicted octanol–water partition coefficient (Wildman–Crippen LogP) is 2.13. The molecule has 5 heteroatoms. The molecule has 108 valence electrons. The van der Waals surface area contributed by atoms with Crippen LogP contribution in [0.4, 0.5) is 0 Å². The van der Waals surface area contributed by atoms with Gasteiger partial charge in [-0.2, -0.15) is 0 Å². The summed E-state index contributed by atoms with van der Waals surface area (Å²) in [4.78, 5) is 11.6. The fraction of sp³-hybridized carbons (Fsp3) is 0.923. The van der Waals surface area contributed by atoms with Gasteiger partial charge in [0.2, 0.25) is 0 Å². The van der Waals surface area contributed by atoms with Crippen molar-refractivity contribution in [2.75, 3.05) is 13.7 Å². The number of esters is 1. The number of ether oxygens (including phenoxy) is 4. The van der Waals surface area contributed by atoms with E-state index < -0.39 is 0 Å². The van der Waals surface area contributed by atoms with Crippen molar-refractivity contribution < 1.29 is 23.7 Å². The Kier molecular flexibility index (Phi) is 8.97. The Balaban J connectivity index is 3.95. The van der Waals surface area contributed by atoms with Gasteiger partial charge in [-0.15, -0.1) is 0 Å². The topological polar surface area (TPSA) is 54.0 Å². The molecule has 0 aliphatic heterocycles. The minimum atomic E-state index is -0.326. The molecule has 18 heavy (non-hydrogen) atoms. The molecule has 0 saturated carbocycles. The second-order valence-electron chi connectivity index (χ2n) is 4.31. The molecule has 0 aliphatic rings. The SMILES string of the molecule is CCOC(C)C(C)OC(=O)CC(C)OC(C)OC. The molecule has 0 bridgehead atoms. The zero-order valence-electron chi connectivity index (χ0n) is 12.3. The van der Waals surface area contributed by atoms with Crippen molar-refractivity contribution in [3.05, 3.63) is 0 Å². The Morgan fingerprint density at radius 3 is 2.22 bits per heavy atom. The third kappa shape index (κ3) is 7.63. The van der Waals surface area contributed by atoms with Gasteiger partial charge in [-0.25, -0.2) is 0 Å². The number of methoxy groups -OCH3 is 1. The van der Waals surface area contributed by atoms with Crippen LogP contribution in [0.2, 0.25) is 0 Å². The fourth-order valence-electron chi connectivity index (χ4n) is 1.42. The molecule has 0 heterocycles. The Hall–Kier alpha value is -0.650. The second kappa shape index (κ2) is 9.30. The summed E-state index contributed by atoms with van der Waals surface area (Å²) in [6, 6.07) is 0. The highest BCUT2D eigenvalue weighted by Crippen LogP contribution is 2.08. The molecule has 0 aromatic heterocycles. The lowest BCUT2D eigenvalue weighted by molar-refractivity contribution is -0.168. The highest BCUT2D eigenvalue weighted by atomic mass is 16.7. The molecule has 4 atom stereocenters. The molecular formula is C13H26O5. The molecule has 0 radical (unpaired) electrons. The van der Waals surface area contributed by atoms with Gasteiger partial charge in [-0.05, 0) is 34.6 Å². The van der Waals surface area contributed by atoms with Crippen LogP contribution in [-0.4, -0.2) is 44.3 Å². The summed E-state index contributed by atoms with van der Waals surface area (Å²) >= 11 is 0. The summed E-state index contributed by atoms with van der Waals surface area (Å²) in [5.41, 5.74) is 0. The van der Waals surface area contributed by atoms with E-state index >= 15 is 0 Å². The summed E-state index contributed by atoms with van der Waals surface area (Å²) < 4.78 is 21.0. The summed E-state index contributed by atoms with van der Waals surface area (Å²) in [5, 5.41) is 0. The molecule has 0 saturated heterocycles. The first kappa shape index (κ1) is 17.4. The molecule has 0 fully saturated rings. The van der Waals surface area contributed by atoms with E-state index in [2.05, 4.69) is 0 Å². The lowest BCUT2D eigenvalue weighted by Crippen LogP contribution is -2.30. The van der Waals surface area contributed by atoms with Crippen LogP contribution in [0, 0.1) is 0 Å². The lowest BCUT2D eigenvalue weighted by atomic mass is 10.2. The Morgan fingerprint density at radius 2 is 1.72 bits per heavy atom. The number of carbonyl (C=O) groups is 1. The Labute approximate surface area is 110 Å². The van der Waals surface area contributed by atoms with Crippen molar-refractivity contribution in [2.45, 2.75) is 65.6 Å². The molecule has 0 spiro atoms. The van der Waals surface area contributed by atoms with Gasteiger partial charge in [0, 0.05) is 13.7 Å². The minimum absolute atomic E-state index is 0.104. The molecule has 0 amide bonds. The van der Waals surface area contributed by atoms with Gasteiger partial charge in [0.15, 0.2) is 6.29 Å². The smallest absolute Gasteiger partial charge is 0.308 e. The van der Waals surface area contributed by atoms with Crippen molar-refractivity contribution in [3.63, 3.8) is 0 Å². The normalized spacial score (nSPS) is 17.9. The molecule has 0 aliphatic carbocycles. The highest BCUT2D eigenvalue weighted by Gasteiger charge is 2.19. The second-order valence-corrected chi connectivity index (χ2v) is 4.31. The van der Waals surface area contributed by atoms with Crippen LogP contribution in [0.5, 0.6) is 0 Å². The average Bonchev–Trinajstić information content (AvgIpc) is 2.28. The zero-order valence-corrected chi connectivity index (χ0v) is 12.3. The van der Waals surface area contributed by atoms with Crippen molar-refractivity contribution >= 4 is 5.97 Å². The molecule has 0 aromatic carbocycles. The Morgan fingerprint density at radius 1 is 1.11 bits per heavy atom. The third-order valence-corrected chi connectivity index (χ3v) is 2.62. The number of hydrogen-bond donors (Lipinski definition) is 0. The van der Waals surface area contributed by atoms with E-state index in [1.54, 1.807) is 14.0 Å². The molecule has 0 rings (SSSR count). The van der Waals surface area contributed by atoms with Crippen LogP contribution in [-0.2, 0) is 23.7 Å². The van der Waals surface area contributed by atoms with Gasteiger partial charge in [0.25, 0.3) is 0 Å². The average molecular weight is 262 g/mol. The quantitative estimate of drug-likeness (QED) is 0.470. The molecule has 0 aromatic rings. The monoisotopic (exact) mass is 262 g/mol. The van der Waals surface area contributed by atoms with E-state index in [1.165, 1.54) is 0 Å². The van der Waals surface area contributed by atoms with E-state index in [0.717, 1.165) is 0 Å². The van der Waals surface area contributed by atoms with Crippen LogP contribution >= 0.6 is 0 Å². The fourth-order valence-corrected chi connectivity index (χ4v) is 1.42. The molecule has 0 N–H and O–H groups in total. The summed E-state index contributed by atoms with van der Waals surface area (Å²) in [5.74, 6) is -0.287. The van der Waals surface area contributed by atoms with Crippen LogP contribution < -0.4 is 0 Å². The van der Waals surface area contributed by atoms with Gasteiger partial charge in [-0.3, -0.25) is 4.79 Å². The van der Waals surface area contributed by atoms with Crippen LogP contribution in [0.25, 0.3) is 0 Å². The van der Waals surface area contributed by atoms with Crippen molar-refractivity contribution in [1.29, 1.82) is 0 Å². The maximum Gasteiger partial charge on any atom is 0.308 e. The highest BCUT2D eigenvalue weighted by molar-refractivity contribution is 5.70. The lowest BCUT2D eigenvalue weighted by Gasteiger charge is -2.22. The first-order valence-electron chi connectivity index (χ1n) is 6.40. The van der Waals surface area contributed by atoms with E-state index in [1.807, 2.05) is 27.7 Å². The summed E-state index contributed by atoms with van der Waals surface area (Å²) in [6.07, 6.45) is -0.719. The maximum absolute atomic E-state index is 11.6. The number of rotatable bonds is 9. The van der Waals surface area contributed by atoms with Crippen molar-refractivity contribution in [3.8, 4) is 0 Å². The van der Waals surface area contributed by atoms with E-state index in [0.29, 0.717) is 6.61 Å². The maximum atomic E-state index is 11.6. The van der Waals surface area contributed by atoms with E-state index in [9.17, 15) is 4.79 Å². The summed E-state index contributed by atoms with van der Waals surface area (Å²) in [6.45, 7) is 9.81. The van der Waals surface area contributed by atoms with Gasteiger partial charge >= 0.3 is 5.97 Å². The van der Waals surface area contributed by atoms with E-state index in [-0.39, 0.29) is 37.0 Å². The molecule has 4 unspecified atom stereocenters. The predicted molar refractivity (Wildman–Crippen MR) is 68.3 cm³/mol. The molecule has 5 nitrogen and oxygen atoms in total. The first-order chi connectivity index (χ1) is 8.40. The third-order valence-electron chi connectivity index (χ3n) is 2.62. The van der Waals surface area contributed by atoms with Gasteiger partial charge in [0.1, 0.15) is 6.10 Å². The largest absolute Gasteiger partial charge is 0.460 e. The van der Waals surface area contributed by atoms with Gasteiger partial charge in [-0.1, -0.05) is 0 Å². The van der Waals surface area contributed by atoms with Crippen LogP contribution in [0.3, 0.4) is 0 Å².